The average Bonchev–Trinajstić information content (AvgIpc) is 3.02. The molecule has 5 heteroatoms. The molecule has 21 heavy (non-hydrogen) atoms. The lowest BCUT2D eigenvalue weighted by Gasteiger charge is -2.17. The van der Waals surface area contributed by atoms with E-state index in [9.17, 15) is 4.79 Å². The minimum absolute atomic E-state index is 0.109. The van der Waals surface area contributed by atoms with Gasteiger partial charge in [0, 0.05) is 31.6 Å². The van der Waals surface area contributed by atoms with Gasteiger partial charge in [-0.15, -0.1) is 0 Å². The van der Waals surface area contributed by atoms with E-state index in [4.69, 9.17) is 5.73 Å². The van der Waals surface area contributed by atoms with Crippen molar-refractivity contribution in [3.05, 3.63) is 58.0 Å². The summed E-state index contributed by atoms with van der Waals surface area (Å²) in [5.41, 5.74) is 7.91. The molecular formula is C16H20N4O. The summed E-state index contributed by atoms with van der Waals surface area (Å²) in [5, 5.41) is 0. The molecule has 1 saturated heterocycles. The summed E-state index contributed by atoms with van der Waals surface area (Å²) in [7, 11) is 0. The predicted molar refractivity (Wildman–Crippen MR) is 83.4 cm³/mol. The second-order valence-electron chi connectivity index (χ2n) is 5.48. The van der Waals surface area contributed by atoms with E-state index in [-0.39, 0.29) is 11.6 Å². The first-order valence-electron chi connectivity index (χ1n) is 7.38. The number of nitrogens with one attached hydrogen (secondary N) is 1. The Morgan fingerprint density at radius 1 is 1.24 bits per heavy atom. The highest BCUT2D eigenvalue weighted by molar-refractivity contribution is 5.32. The molecule has 0 aliphatic carbocycles. The van der Waals surface area contributed by atoms with Gasteiger partial charge < -0.3 is 10.6 Å². The number of hydrogen-bond donors (Lipinski definition) is 2. The van der Waals surface area contributed by atoms with Crippen LogP contribution in [-0.4, -0.2) is 23.1 Å². The molecule has 5 nitrogen and oxygen atoms in total. The van der Waals surface area contributed by atoms with Crippen molar-refractivity contribution >= 4 is 5.95 Å². The quantitative estimate of drug-likeness (QED) is 0.894. The van der Waals surface area contributed by atoms with Crippen LogP contribution in [0, 0.1) is 0 Å². The van der Waals surface area contributed by atoms with Crippen molar-refractivity contribution in [2.75, 3.05) is 18.0 Å². The smallest absolute Gasteiger partial charge is 0.252 e. The van der Waals surface area contributed by atoms with E-state index in [1.165, 1.54) is 0 Å². The molecule has 0 amide bonds. The number of hydrogen-bond acceptors (Lipinski definition) is 4. The van der Waals surface area contributed by atoms with Gasteiger partial charge in [0.15, 0.2) is 0 Å². The van der Waals surface area contributed by atoms with Gasteiger partial charge in [0.25, 0.3) is 5.56 Å². The zero-order chi connectivity index (χ0) is 14.7. The fourth-order valence-electron chi connectivity index (χ4n) is 2.72. The van der Waals surface area contributed by atoms with Crippen molar-refractivity contribution in [1.82, 2.24) is 9.97 Å². The van der Waals surface area contributed by atoms with Crippen LogP contribution < -0.4 is 16.2 Å². The predicted octanol–water partition coefficient (Wildman–Crippen LogP) is 1.61. The normalized spacial score (nSPS) is 16.1. The second kappa shape index (κ2) is 6.10. The van der Waals surface area contributed by atoms with Crippen LogP contribution in [0.4, 0.5) is 5.95 Å². The van der Waals surface area contributed by atoms with Gasteiger partial charge in [-0.05, 0) is 18.4 Å². The third-order valence-electron chi connectivity index (χ3n) is 3.84. The summed E-state index contributed by atoms with van der Waals surface area (Å²) in [6.07, 6.45) is 2.86. The monoisotopic (exact) mass is 284 g/mol. The Morgan fingerprint density at radius 2 is 1.95 bits per heavy atom. The second-order valence-corrected chi connectivity index (χ2v) is 5.48. The molecule has 2 heterocycles. The lowest BCUT2D eigenvalue weighted by molar-refractivity contribution is 0.700. The molecule has 1 aromatic carbocycles. The molecule has 1 fully saturated rings. The van der Waals surface area contributed by atoms with Crippen LogP contribution in [0.2, 0.25) is 0 Å². The maximum atomic E-state index is 11.8. The number of anilines is 1. The highest BCUT2D eigenvalue weighted by Gasteiger charge is 2.16. The van der Waals surface area contributed by atoms with Gasteiger partial charge in [0.05, 0.1) is 5.69 Å². The van der Waals surface area contributed by atoms with Gasteiger partial charge >= 0.3 is 0 Å². The Kier molecular flexibility index (Phi) is 4.01. The highest BCUT2D eigenvalue weighted by Crippen LogP contribution is 2.17. The minimum Gasteiger partial charge on any atom is -0.342 e. The van der Waals surface area contributed by atoms with Crippen molar-refractivity contribution in [3.63, 3.8) is 0 Å². The Labute approximate surface area is 123 Å². The summed E-state index contributed by atoms with van der Waals surface area (Å²) in [6, 6.07) is 11.3. The van der Waals surface area contributed by atoms with Crippen LogP contribution in [0.3, 0.4) is 0 Å². The molecule has 1 aromatic heterocycles. The lowest BCUT2D eigenvalue weighted by atomic mass is 10.0. The van der Waals surface area contributed by atoms with Crippen LogP contribution >= 0.6 is 0 Å². The molecule has 0 bridgehead atoms. The Balaban J connectivity index is 1.80. The van der Waals surface area contributed by atoms with Crippen LogP contribution in [0.5, 0.6) is 0 Å². The molecule has 3 rings (SSSR count). The zero-order valence-corrected chi connectivity index (χ0v) is 12.0. The van der Waals surface area contributed by atoms with Crippen molar-refractivity contribution in [2.24, 2.45) is 5.73 Å². The minimum atomic E-state index is -0.146. The molecule has 3 N–H and O–H groups in total. The number of nitrogens with two attached hydrogens (primary N) is 1. The van der Waals surface area contributed by atoms with Gasteiger partial charge in [-0.1, -0.05) is 30.3 Å². The molecule has 110 valence electrons. The molecule has 1 aliphatic heterocycles. The zero-order valence-electron chi connectivity index (χ0n) is 12.0. The molecule has 0 unspecified atom stereocenters. The third-order valence-corrected chi connectivity index (χ3v) is 3.84. The molecule has 2 aromatic rings. The summed E-state index contributed by atoms with van der Waals surface area (Å²) in [5.74, 6) is 0.676. The van der Waals surface area contributed by atoms with Crippen LogP contribution in [-0.2, 0) is 6.42 Å². The number of nitrogens with zero attached hydrogens (tertiary/aromatic N) is 2. The van der Waals surface area contributed by atoms with E-state index in [0.29, 0.717) is 12.4 Å². The number of rotatable bonds is 4. The van der Waals surface area contributed by atoms with Crippen molar-refractivity contribution in [3.8, 4) is 0 Å². The van der Waals surface area contributed by atoms with Crippen LogP contribution in [0.1, 0.15) is 30.1 Å². The number of aromatic nitrogens is 2. The van der Waals surface area contributed by atoms with Gasteiger partial charge in [-0.3, -0.25) is 9.78 Å². The lowest BCUT2D eigenvalue weighted by Crippen LogP contribution is -2.25. The van der Waals surface area contributed by atoms with Crippen LogP contribution in [0.15, 0.2) is 41.2 Å². The SMILES string of the molecule is N[C@@H](Cc1cc(=O)[nH]c(N2CCCC2)n1)c1ccccc1. The standard InChI is InChI=1S/C16H20N4O/c17-14(12-6-2-1-3-7-12)10-13-11-15(21)19-16(18-13)20-8-4-5-9-20/h1-3,6-7,11,14H,4-5,8-10,17H2,(H,18,19,21)/t14-/m0/s1. The number of benzene rings is 1. The molecule has 0 saturated carbocycles. The van der Waals surface area contributed by atoms with Crippen molar-refractivity contribution < 1.29 is 0 Å². The summed E-state index contributed by atoms with van der Waals surface area (Å²) >= 11 is 0. The Hall–Kier alpha value is -2.14. The van der Waals surface area contributed by atoms with E-state index in [2.05, 4.69) is 14.9 Å². The van der Waals surface area contributed by atoms with Crippen molar-refractivity contribution in [2.45, 2.75) is 25.3 Å². The first kappa shape index (κ1) is 13.8. The fourth-order valence-corrected chi connectivity index (χ4v) is 2.72. The summed E-state index contributed by atoms with van der Waals surface area (Å²) < 4.78 is 0. The van der Waals surface area contributed by atoms with E-state index in [1.807, 2.05) is 30.3 Å². The topological polar surface area (TPSA) is 75.0 Å². The van der Waals surface area contributed by atoms with E-state index in [0.717, 1.165) is 37.2 Å². The largest absolute Gasteiger partial charge is 0.342 e. The van der Waals surface area contributed by atoms with E-state index >= 15 is 0 Å². The summed E-state index contributed by atoms with van der Waals surface area (Å²) in [4.78, 5) is 21.3. The third kappa shape index (κ3) is 3.31. The molecule has 1 aliphatic rings. The van der Waals surface area contributed by atoms with Crippen molar-refractivity contribution in [1.29, 1.82) is 0 Å². The first-order valence-corrected chi connectivity index (χ1v) is 7.38. The Morgan fingerprint density at radius 3 is 2.67 bits per heavy atom. The number of aromatic amines is 1. The Bertz CT molecular complexity index is 647. The number of H-pyrrole nitrogens is 1. The van der Waals surface area contributed by atoms with E-state index in [1.54, 1.807) is 6.07 Å². The first-order chi connectivity index (χ1) is 10.2. The van der Waals surface area contributed by atoms with Gasteiger partial charge in [0.2, 0.25) is 5.95 Å². The maximum Gasteiger partial charge on any atom is 0.252 e. The fraction of sp³-hybridized carbons (Fsp3) is 0.375. The molecule has 1 atom stereocenters. The van der Waals surface area contributed by atoms with Gasteiger partial charge in [-0.25, -0.2) is 4.98 Å². The molecular weight excluding hydrogens is 264 g/mol. The van der Waals surface area contributed by atoms with Gasteiger partial charge in [0.1, 0.15) is 0 Å². The highest BCUT2D eigenvalue weighted by atomic mass is 16.1. The average molecular weight is 284 g/mol. The maximum absolute atomic E-state index is 11.8. The molecule has 0 radical (unpaired) electrons. The van der Waals surface area contributed by atoms with E-state index < -0.39 is 0 Å². The molecule has 0 spiro atoms. The summed E-state index contributed by atoms with van der Waals surface area (Å²) in [6.45, 7) is 1.91. The van der Waals surface area contributed by atoms with Gasteiger partial charge in [-0.2, -0.15) is 0 Å². The van der Waals surface area contributed by atoms with Crippen LogP contribution in [0.25, 0.3) is 0 Å².